The summed E-state index contributed by atoms with van der Waals surface area (Å²) in [6.45, 7) is 3.69. The summed E-state index contributed by atoms with van der Waals surface area (Å²) in [6, 6.07) is 0. The van der Waals surface area contributed by atoms with Gasteiger partial charge in [0.05, 0.1) is 7.11 Å². The molecule has 15 heavy (non-hydrogen) atoms. The van der Waals surface area contributed by atoms with Crippen molar-refractivity contribution in [2.24, 2.45) is 0 Å². The van der Waals surface area contributed by atoms with Gasteiger partial charge in [0.15, 0.2) is 0 Å². The van der Waals surface area contributed by atoms with Crippen LogP contribution in [0.3, 0.4) is 0 Å². The van der Waals surface area contributed by atoms with Crippen LogP contribution in [0.25, 0.3) is 0 Å². The van der Waals surface area contributed by atoms with Gasteiger partial charge in [0, 0.05) is 26.2 Å². The lowest BCUT2D eigenvalue weighted by Crippen LogP contribution is -2.51. The molecule has 2 amide bonds. The Morgan fingerprint density at radius 1 is 1.20 bits per heavy atom. The summed E-state index contributed by atoms with van der Waals surface area (Å²) in [6.07, 6.45) is -0.346. The first-order valence-corrected chi connectivity index (χ1v) is 5.25. The van der Waals surface area contributed by atoms with Crippen molar-refractivity contribution in [3.05, 3.63) is 0 Å². The summed E-state index contributed by atoms with van der Waals surface area (Å²) in [7, 11) is 1.35. The molecule has 6 heteroatoms. The van der Waals surface area contributed by atoms with Crippen molar-refractivity contribution in [3.8, 4) is 0 Å². The Kier molecular flexibility index (Phi) is 4.20. The number of piperazine rings is 1. The predicted octanol–water partition coefficient (Wildman–Crippen LogP) is 0.524. The van der Waals surface area contributed by atoms with E-state index in [1.165, 1.54) is 7.11 Å². The second-order valence-electron chi connectivity index (χ2n) is 3.40. The first-order chi connectivity index (χ1) is 7.06. The Hall–Kier alpha value is -0.970. The topological polar surface area (TPSA) is 49.9 Å². The quantitative estimate of drug-likeness (QED) is 0.622. The second-order valence-corrected chi connectivity index (χ2v) is 4.05. The van der Waals surface area contributed by atoms with E-state index in [2.05, 4.69) is 4.74 Å². The van der Waals surface area contributed by atoms with Crippen LogP contribution < -0.4 is 0 Å². The zero-order chi connectivity index (χ0) is 11.4. The van der Waals surface area contributed by atoms with Gasteiger partial charge in [0.1, 0.15) is 5.38 Å². The standard InChI is InChI=1S/C9H15ClN2O3/c1-7(10)8(13)11-3-5-12(6-4-11)9(14)15-2/h7H,3-6H2,1-2H3. The fraction of sp³-hybridized carbons (Fsp3) is 0.778. The van der Waals surface area contributed by atoms with Crippen LogP contribution >= 0.6 is 11.6 Å². The zero-order valence-corrected chi connectivity index (χ0v) is 9.66. The van der Waals surface area contributed by atoms with Crippen molar-refractivity contribution in [2.45, 2.75) is 12.3 Å². The Bertz CT molecular complexity index is 250. The number of alkyl halides is 1. The van der Waals surface area contributed by atoms with Crippen molar-refractivity contribution in [2.75, 3.05) is 33.3 Å². The summed E-state index contributed by atoms with van der Waals surface area (Å²) in [4.78, 5) is 25.9. The molecule has 0 aromatic heterocycles. The minimum Gasteiger partial charge on any atom is -0.453 e. The smallest absolute Gasteiger partial charge is 0.409 e. The highest BCUT2D eigenvalue weighted by Crippen LogP contribution is 2.07. The van der Waals surface area contributed by atoms with Gasteiger partial charge in [0.2, 0.25) is 5.91 Å². The van der Waals surface area contributed by atoms with Crippen molar-refractivity contribution in [3.63, 3.8) is 0 Å². The Labute approximate surface area is 93.9 Å². The van der Waals surface area contributed by atoms with Gasteiger partial charge in [-0.15, -0.1) is 11.6 Å². The van der Waals surface area contributed by atoms with Crippen molar-refractivity contribution in [1.29, 1.82) is 0 Å². The molecule has 0 N–H and O–H groups in total. The maximum absolute atomic E-state index is 11.5. The first-order valence-electron chi connectivity index (χ1n) is 4.82. The number of hydrogen-bond donors (Lipinski definition) is 0. The van der Waals surface area contributed by atoms with Crippen molar-refractivity contribution < 1.29 is 14.3 Å². The molecular weight excluding hydrogens is 220 g/mol. The molecule has 1 atom stereocenters. The molecule has 0 radical (unpaired) electrons. The Morgan fingerprint density at radius 2 is 1.67 bits per heavy atom. The summed E-state index contributed by atoms with van der Waals surface area (Å²) in [5.41, 5.74) is 0. The van der Waals surface area contributed by atoms with E-state index in [0.717, 1.165) is 0 Å². The molecule has 0 aromatic carbocycles. The van der Waals surface area contributed by atoms with Crippen molar-refractivity contribution in [1.82, 2.24) is 9.80 Å². The van der Waals surface area contributed by atoms with Crippen LogP contribution in [0.5, 0.6) is 0 Å². The minimum absolute atomic E-state index is 0.0822. The fourth-order valence-electron chi connectivity index (χ4n) is 1.49. The average molecular weight is 235 g/mol. The zero-order valence-electron chi connectivity index (χ0n) is 8.90. The number of amides is 2. The number of hydrogen-bond acceptors (Lipinski definition) is 3. The molecule has 0 aliphatic carbocycles. The maximum Gasteiger partial charge on any atom is 0.409 e. The number of rotatable bonds is 1. The second kappa shape index (κ2) is 5.21. The van der Waals surface area contributed by atoms with E-state index in [1.54, 1.807) is 16.7 Å². The van der Waals surface area contributed by atoms with Crippen LogP contribution in [0.4, 0.5) is 4.79 Å². The number of ether oxygens (including phenoxy) is 1. The molecular formula is C9H15ClN2O3. The molecule has 1 rings (SSSR count). The van der Waals surface area contributed by atoms with E-state index in [0.29, 0.717) is 26.2 Å². The maximum atomic E-state index is 11.5. The Morgan fingerprint density at radius 3 is 2.07 bits per heavy atom. The lowest BCUT2D eigenvalue weighted by Gasteiger charge is -2.34. The number of carbonyl (C=O) groups excluding carboxylic acids is 2. The number of methoxy groups -OCH3 is 1. The van der Waals surface area contributed by atoms with Gasteiger partial charge >= 0.3 is 6.09 Å². The number of halogens is 1. The molecule has 0 bridgehead atoms. The SMILES string of the molecule is COC(=O)N1CCN(C(=O)C(C)Cl)CC1. The van der Waals surface area contributed by atoms with Crippen molar-refractivity contribution >= 4 is 23.6 Å². The van der Waals surface area contributed by atoms with Crippen LogP contribution in [0.15, 0.2) is 0 Å². The minimum atomic E-state index is -0.505. The first kappa shape index (κ1) is 12.1. The molecule has 1 aliphatic heterocycles. The largest absolute Gasteiger partial charge is 0.453 e. The van der Waals surface area contributed by atoms with Crippen LogP contribution in [0, 0.1) is 0 Å². The molecule has 1 saturated heterocycles. The lowest BCUT2D eigenvalue weighted by atomic mass is 10.3. The molecule has 0 aromatic rings. The fourth-order valence-corrected chi connectivity index (χ4v) is 1.63. The van der Waals surface area contributed by atoms with Crippen LogP contribution in [-0.2, 0) is 9.53 Å². The monoisotopic (exact) mass is 234 g/mol. The molecule has 0 saturated carbocycles. The number of nitrogens with zero attached hydrogens (tertiary/aromatic N) is 2. The van der Waals surface area contributed by atoms with Gasteiger partial charge in [-0.05, 0) is 6.92 Å². The predicted molar refractivity (Wildman–Crippen MR) is 55.9 cm³/mol. The summed E-state index contributed by atoms with van der Waals surface area (Å²) in [5.74, 6) is -0.0822. The molecule has 1 fully saturated rings. The summed E-state index contributed by atoms with van der Waals surface area (Å²) >= 11 is 5.69. The van der Waals surface area contributed by atoms with Gasteiger partial charge < -0.3 is 14.5 Å². The van der Waals surface area contributed by atoms with Gasteiger partial charge in [-0.1, -0.05) is 0 Å². The van der Waals surface area contributed by atoms with E-state index in [9.17, 15) is 9.59 Å². The molecule has 1 aliphatic rings. The van der Waals surface area contributed by atoms with Gasteiger partial charge in [-0.25, -0.2) is 4.79 Å². The molecule has 5 nitrogen and oxygen atoms in total. The summed E-state index contributed by atoms with van der Waals surface area (Å²) < 4.78 is 4.59. The molecule has 1 heterocycles. The van der Waals surface area contributed by atoms with E-state index in [-0.39, 0.29) is 12.0 Å². The summed E-state index contributed by atoms with van der Waals surface area (Å²) in [5, 5.41) is -0.505. The molecule has 86 valence electrons. The van der Waals surface area contributed by atoms with Crippen LogP contribution in [0.2, 0.25) is 0 Å². The molecule has 0 spiro atoms. The highest BCUT2D eigenvalue weighted by Gasteiger charge is 2.26. The van der Waals surface area contributed by atoms with Gasteiger partial charge in [-0.2, -0.15) is 0 Å². The average Bonchev–Trinajstić information content (AvgIpc) is 2.27. The van der Waals surface area contributed by atoms with Gasteiger partial charge in [0.25, 0.3) is 0 Å². The normalized spacial score (nSPS) is 18.6. The Balaban J connectivity index is 2.42. The third-order valence-electron chi connectivity index (χ3n) is 2.36. The van der Waals surface area contributed by atoms with Crippen LogP contribution in [-0.4, -0.2) is 60.5 Å². The highest BCUT2D eigenvalue weighted by atomic mass is 35.5. The number of carbonyl (C=O) groups is 2. The van der Waals surface area contributed by atoms with E-state index < -0.39 is 5.38 Å². The van der Waals surface area contributed by atoms with E-state index in [1.807, 2.05) is 0 Å². The lowest BCUT2D eigenvalue weighted by molar-refractivity contribution is -0.132. The van der Waals surface area contributed by atoms with Gasteiger partial charge in [-0.3, -0.25) is 4.79 Å². The van der Waals surface area contributed by atoms with E-state index >= 15 is 0 Å². The molecule has 1 unspecified atom stereocenters. The van der Waals surface area contributed by atoms with Crippen LogP contribution in [0.1, 0.15) is 6.92 Å². The van der Waals surface area contributed by atoms with E-state index in [4.69, 9.17) is 11.6 Å². The third-order valence-corrected chi connectivity index (χ3v) is 2.55. The highest BCUT2D eigenvalue weighted by molar-refractivity contribution is 6.30. The third kappa shape index (κ3) is 2.99.